The van der Waals surface area contributed by atoms with Crippen LogP contribution in [0.3, 0.4) is 0 Å². The maximum Gasteiger partial charge on any atom is 0.326 e. The van der Waals surface area contributed by atoms with Crippen molar-refractivity contribution in [2.24, 2.45) is 0 Å². The van der Waals surface area contributed by atoms with E-state index in [1.165, 1.54) is 12.1 Å². The molecule has 0 fully saturated rings. The van der Waals surface area contributed by atoms with Gasteiger partial charge in [0.2, 0.25) is 0 Å². The van der Waals surface area contributed by atoms with E-state index in [4.69, 9.17) is 9.97 Å². The van der Waals surface area contributed by atoms with E-state index in [0.717, 1.165) is 22.0 Å². The molecule has 2 N–H and O–H groups in total. The van der Waals surface area contributed by atoms with Crippen molar-refractivity contribution in [2.75, 3.05) is 0 Å². The molecule has 0 radical (unpaired) electrons. The van der Waals surface area contributed by atoms with Gasteiger partial charge in [-0.2, -0.15) is 0 Å². The molecule has 2 aromatic carbocycles. The Morgan fingerprint density at radius 3 is 2.59 bits per heavy atom. The molecular formula is C22H16FN5O. The second-order valence-electron chi connectivity index (χ2n) is 6.89. The van der Waals surface area contributed by atoms with Gasteiger partial charge >= 0.3 is 5.69 Å². The Morgan fingerprint density at radius 2 is 1.76 bits per heavy atom. The van der Waals surface area contributed by atoms with Crippen molar-refractivity contribution in [2.45, 2.75) is 12.8 Å². The summed E-state index contributed by atoms with van der Waals surface area (Å²) in [6, 6.07) is 16.1. The van der Waals surface area contributed by atoms with Gasteiger partial charge in [-0.3, -0.25) is 15.0 Å². The van der Waals surface area contributed by atoms with Gasteiger partial charge in [0.15, 0.2) is 11.3 Å². The highest BCUT2D eigenvalue weighted by Crippen LogP contribution is 2.34. The number of imidazole rings is 1. The number of pyridine rings is 1. The first-order valence-corrected chi connectivity index (χ1v) is 9.19. The molecule has 0 saturated carbocycles. The maximum absolute atomic E-state index is 13.8. The van der Waals surface area contributed by atoms with Crippen LogP contribution in [-0.2, 0) is 0 Å². The van der Waals surface area contributed by atoms with Crippen LogP contribution in [0.2, 0.25) is 0 Å². The van der Waals surface area contributed by atoms with E-state index in [-0.39, 0.29) is 17.4 Å². The minimum Gasteiger partial charge on any atom is -0.289 e. The van der Waals surface area contributed by atoms with E-state index in [1.54, 1.807) is 12.3 Å². The van der Waals surface area contributed by atoms with Crippen LogP contribution in [0.4, 0.5) is 4.39 Å². The number of benzene rings is 2. The van der Waals surface area contributed by atoms with E-state index in [1.807, 2.05) is 43.3 Å². The third-order valence-electron chi connectivity index (χ3n) is 5.05. The fourth-order valence-electron chi connectivity index (χ4n) is 3.61. The fourth-order valence-corrected chi connectivity index (χ4v) is 3.61. The lowest BCUT2D eigenvalue weighted by molar-refractivity contribution is 0.624. The number of rotatable bonds is 3. The summed E-state index contributed by atoms with van der Waals surface area (Å²) in [6.07, 6.45) is 1.74. The molecule has 5 rings (SSSR count). The van der Waals surface area contributed by atoms with E-state index in [2.05, 4.69) is 15.0 Å². The number of nitrogens with one attached hydrogen (secondary N) is 2. The zero-order valence-electron chi connectivity index (χ0n) is 15.5. The first kappa shape index (κ1) is 17.2. The van der Waals surface area contributed by atoms with Crippen LogP contribution in [-0.4, -0.2) is 24.9 Å². The van der Waals surface area contributed by atoms with Crippen molar-refractivity contribution in [3.05, 3.63) is 88.4 Å². The van der Waals surface area contributed by atoms with Gasteiger partial charge in [-0.1, -0.05) is 37.3 Å². The molecule has 3 heterocycles. The molecule has 0 aliphatic rings. The lowest BCUT2D eigenvalue weighted by Crippen LogP contribution is -2.05. The van der Waals surface area contributed by atoms with Crippen LogP contribution in [0.5, 0.6) is 0 Å². The van der Waals surface area contributed by atoms with Crippen molar-refractivity contribution in [1.82, 2.24) is 24.9 Å². The van der Waals surface area contributed by atoms with Gasteiger partial charge in [-0.15, -0.1) is 0 Å². The number of hydrogen-bond donors (Lipinski definition) is 2. The minimum absolute atomic E-state index is 0.247. The zero-order valence-corrected chi connectivity index (χ0v) is 15.5. The second kappa shape index (κ2) is 6.63. The smallest absolute Gasteiger partial charge is 0.289 e. The molecular weight excluding hydrogens is 369 g/mol. The first-order chi connectivity index (χ1) is 14.1. The Bertz CT molecular complexity index is 1420. The molecule has 1 unspecified atom stereocenters. The molecule has 1 atom stereocenters. The minimum atomic E-state index is -0.374. The average molecular weight is 385 g/mol. The lowest BCUT2D eigenvalue weighted by Gasteiger charge is -2.16. The topological polar surface area (TPSA) is 87.3 Å². The van der Waals surface area contributed by atoms with Crippen LogP contribution < -0.4 is 5.69 Å². The van der Waals surface area contributed by atoms with E-state index in [0.29, 0.717) is 22.7 Å². The van der Waals surface area contributed by atoms with Crippen LogP contribution in [0, 0.1) is 5.82 Å². The molecule has 0 bridgehead atoms. The quantitative estimate of drug-likeness (QED) is 0.488. The zero-order chi connectivity index (χ0) is 20.0. The van der Waals surface area contributed by atoms with Crippen molar-refractivity contribution < 1.29 is 4.39 Å². The molecule has 7 heteroatoms. The fraction of sp³-hybridized carbons (Fsp3) is 0.0909. The summed E-state index contributed by atoms with van der Waals surface area (Å²) in [5.74, 6) is -0.558. The predicted molar refractivity (Wildman–Crippen MR) is 109 cm³/mol. The van der Waals surface area contributed by atoms with Gasteiger partial charge in [0.1, 0.15) is 5.82 Å². The summed E-state index contributed by atoms with van der Waals surface area (Å²) in [6.45, 7) is 1.95. The largest absolute Gasteiger partial charge is 0.326 e. The highest BCUT2D eigenvalue weighted by molar-refractivity contribution is 5.94. The van der Waals surface area contributed by atoms with Crippen molar-refractivity contribution in [3.8, 4) is 11.3 Å². The lowest BCUT2D eigenvalue weighted by atomic mass is 9.92. The summed E-state index contributed by atoms with van der Waals surface area (Å²) in [5.41, 5.74) is 4.11. The third-order valence-corrected chi connectivity index (χ3v) is 5.05. The highest BCUT2D eigenvalue weighted by Gasteiger charge is 2.21. The average Bonchev–Trinajstić information content (AvgIpc) is 3.11. The van der Waals surface area contributed by atoms with Crippen LogP contribution in [0.25, 0.3) is 33.5 Å². The van der Waals surface area contributed by atoms with Gasteiger partial charge in [0, 0.05) is 23.1 Å². The van der Waals surface area contributed by atoms with Crippen molar-refractivity contribution in [1.29, 1.82) is 0 Å². The highest BCUT2D eigenvalue weighted by atomic mass is 19.1. The maximum atomic E-state index is 13.8. The number of halogens is 1. The summed E-state index contributed by atoms with van der Waals surface area (Å²) in [5, 5.41) is 0.925. The monoisotopic (exact) mass is 385 g/mol. The first-order valence-electron chi connectivity index (χ1n) is 9.19. The normalized spacial score (nSPS) is 12.5. The second-order valence-corrected chi connectivity index (χ2v) is 6.89. The van der Waals surface area contributed by atoms with E-state index < -0.39 is 0 Å². The third kappa shape index (κ3) is 2.97. The molecule has 3 aromatic heterocycles. The van der Waals surface area contributed by atoms with Crippen molar-refractivity contribution in [3.63, 3.8) is 0 Å². The number of aromatic amines is 2. The van der Waals surface area contributed by atoms with Crippen LogP contribution >= 0.6 is 0 Å². The predicted octanol–water partition coefficient (Wildman–Crippen LogP) is 4.15. The van der Waals surface area contributed by atoms with Gasteiger partial charge in [0.25, 0.3) is 0 Å². The summed E-state index contributed by atoms with van der Waals surface area (Å²) in [7, 11) is 0. The van der Waals surface area contributed by atoms with Gasteiger partial charge < -0.3 is 0 Å². The number of hydrogen-bond acceptors (Lipinski definition) is 4. The molecule has 6 nitrogen and oxygen atoms in total. The number of nitrogens with zero attached hydrogens (tertiary/aromatic N) is 3. The Kier molecular flexibility index (Phi) is 3.94. The molecule has 0 spiro atoms. The summed E-state index contributed by atoms with van der Waals surface area (Å²) in [4.78, 5) is 31.0. The molecule has 29 heavy (non-hydrogen) atoms. The van der Waals surface area contributed by atoms with E-state index >= 15 is 0 Å². The SMILES string of the molecule is CC(c1cccc(F)c1)c1nc2[nH]c(=O)[nH]c2nc1-c1cccc2ncccc12. The van der Waals surface area contributed by atoms with Crippen molar-refractivity contribution >= 4 is 22.2 Å². The molecule has 0 amide bonds. The van der Waals surface area contributed by atoms with Gasteiger partial charge in [-0.05, 0) is 29.8 Å². The van der Waals surface area contributed by atoms with E-state index in [9.17, 15) is 9.18 Å². The van der Waals surface area contributed by atoms with Crippen LogP contribution in [0.15, 0.2) is 65.6 Å². The summed E-state index contributed by atoms with van der Waals surface area (Å²) >= 11 is 0. The number of aromatic nitrogens is 5. The number of H-pyrrole nitrogens is 2. The van der Waals surface area contributed by atoms with Crippen LogP contribution in [0.1, 0.15) is 24.1 Å². The van der Waals surface area contributed by atoms with Gasteiger partial charge in [0.05, 0.1) is 16.9 Å². The standard InChI is InChI=1S/C22H16FN5O/c1-12(13-5-2-6-14(23)11-13)18-19(26-21-20(25-18)27-22(29)28-21)16-7-3-9-17-15(16)8-4-10-24-17/h2-12H,1H3,(H2,25,26,27,28,29). The molecule has 5 aromatic rings. The number of fused-ring (bicyclic) bond motifs is 2. The Hall–Kier alpha value is -3.87. The molecule has 0 saturated heterocycles. The molecule has 142 valence electrons. The van der Waals surface area contributed by atoms with Gasteiger partial charge in [-0.25, -0.2) is 19.2 Å². The Labute approximate surface area is 164 Å². The Morgan fingerprint density at radius 1 is 0.966 bits per heavy atom. The molecule has 0 aliphatic heterocycles. The molecule has 0 aliphatic carbocycles. The summed E-state index contributed by atoms with van der Waals surface area (Å²) < 4.78 is 13.8. The Balaban J connectivity index is 1.82.